The summed E-state index contributed by atoms with van der Waals surface area (Å²) in [7, 11) is 0. The van der Waals surface area contributed by atoms with E-state index < -0.39 is 0 Å². The molecular formula is C26H36. The van der Waals surface area contributed by atoms with Gasteiger partial charge in [0.2, 0.25) is 0 Å². The first-order chi connectivity index (χ1) is 12.9. The Morgan fingerprint density at radius 2 is 1.23 bits per heavy atom. The molecule has 140 valence electrons. The molecular weight excluding hydrogens is 312 g/mol. The Bertz CT molecular complexity index is 633. The maximum atomic E-state index is 2.39. The van der Waals surface area contributed by atoms with Gasteiger partial charge in [-0.3, -0.25) is 0 Å². The summed E-state index contributed by atoms with van der Waals surface area (Å²) >= 11 is 0. The van der Waals surface area contributed by atoms with Crippen molar-refractivity contribution in [3.63, 3.8) is 0 Å². The van der Waals surface area contributed by atoms with Gasteiger partial charge in [-0.1, -0.05) is 49.6 Å². The van der Waals surface area contributed by atoms with Crippen LogP contribution in [0.3, 0.4) is 0 Å². The van der Waals surface area contributed by atoms with Crippen LogP contribution in [0.2, 0.25) is 0 Å². The summed E-state index contributed by atoms with van der Waals surface area (Å²) in [5.41, 5.74) is 1.63. The summed E-state index contributed by atoms with van der Waals surface area (Å²) in [6.45, 7) is 0. The molecule has 5 aliphatic rings. The van der Waals surface area contributed by atoms with Crippen molar-refractivity contribution in [1.82, 2.24) is 0 Å². The zero-order valence-electron chi connectivity index (χ0n) is 16.4. The van der Waals surface area contributed by atoms with Crippen molar-refractivity contribution in [2.75, 3.05) is 0 Å². The lowest BCUT2D eigenvalue weighted by atomic mass is 9.53. The first-order valence-electron chi connectivity index (χ1n) is 11.9. The van der Waals surface area contributed by atoms with E-state index in [9.17, 15) is 0 Å². The molecule has 0 saturated heterocycles. The Morgan fingerprint density at radius 1 is 0.500 bits per heavy atom. The quantitative estimate of drug-likeness (QED) is 0.509. The molecule has 6 rings (SSSR count). The molecule has 0 aromatic heterocycles. The lowest BCUT2D eigenvalue weighted by Gasteiger charge is -2.52. The molecule has 0 amide bonds. The van der Waals surface area contributed by atoms with Gasteiger partial charge in [-0.2, -0.15) is 0 Å². The Balaban J connectivity index is 1.19. The molecule has 0 aliphatic heterocycles. The highest BCUT2D eigenvalue weighted by Crippen LogP contribution is 2.64. The summed E-state index contributed by atoms with van der Waals surface area (Å²) in [6.07, 6.45) is 17.3. The molecule has 5 saturated carbocycles. The SMILES string of the molecule is c1ccc(C2CC3CC4C(CCC5C6CCCCC6CCC54)C3C2)cc1. The van der Waals surface area contributed by atoms with Crippen molar-refractivity contribution in [1.29, 1.82) is 0 Å². The van der Waals surface area contributed by atoms with Crippen molar-refractivity contribution in [2.45, 2.75) is 76.5 Å². The van der Waals surface area contributed by atoms with Crippen LogP contribution in [0.25, 0.3) is 0 Å². The van der Waals surface area contributed by atoms with Crippen LogP contribution in [0.4, 0.5) is 0 Å². The van der Waals surface area contributed by atoms with Crippen LogP contribution in [0.5, 0.6) is 0 Å². The second kappa shape index (κ2) is 6.39. The lowest BCUT2D eigenvalue weighted by molar-refractivity contribution is -0.0252. The van der Waals surface area contributed by atoms with Crippen molar-refractivity contribution >= 4 is 0 Å². The number of fused-ring (bicyclic) bond motifs is 7. The molecule has 26 heavy (non-hydrogen) atoms. The minimum absolute atomic E-state index is 0.874. The maximum Gasteiger partial charge on any atom is -0.0156 e. The summed E-state index contributed by atoms with van der Waals surface area (Å²) < 4.78 is 0. The van der Waals surface area contributed by atoms with E-state index in [1.165, 1.54) is 19.3 Å². The smallest absolute Gasteiger partial charge is 0.0156 e. The summed E-state index contributed by atoms with van der Waals surface area (Å²) in [5.74, 6) is 9.80. The van der Waals surface area contributed by atoms with Crippen molar-refractivity contribution in [2.24, 2.45) is 47.3 Å². The molecule has 0 heteroatoms. The van der Waals surface area contributed by atoms with E-state index in [2.05, 4.69) is 30.3 Å². The molecule has 0 nitrogen and oxygen atoms in total. The van der Waals surface area contributed by atoms with Gasteiger partial charge >= 0.3 is 0 Å². The number of hydrogen-bond donors (Lipinski definition) is 0. The van der Waals surface area contributed by atoms with Gasteiger partial charge in [0.25, 0.3) is 0 Å². The Labute approximate surface area is 160 Å². The Morgan fingerprint density at radius 3 is 2.12 bits per heavy atom. The first-order valence-corrected chi connectivity index (χ1v) is 11.9. The van der Waals surface area contributed by atoms with Crippen molar-refractivity contribution in [3.05, 3.63) is 35.9 Å². The average Bonchev–Trinajstić information content (AvgIpc) is 3.26. The van der Waals surface area contributed by atoms with Crippen molar-refractivity contribution in [3.8, 4) is 0 Å². The van der Waals surface area contributed by atoms with Gasteiger partial charge in [-0.05, 0) is 110 Å². The zero-order valence-corrected chi connectivity index (χ0v) is 16.4. The molecule has 9 atom stereocenters. The van der Waals surface area contributed by atoms with Gasteiger partial charge in [-0.15, -0.1) is 0 Å². The van der Waals surface area contributed by atoms with Crippen LogP contribution < -0.4 is 0 Å². The number of hydrogen-bond acceptors (Lipinski definition) is 0. The van der Waals surface area contributed by atoms with Crippen molar-refractivity contribution < 1.29 is 0 Å². The van der Waals surface area contributed by atoms with Crippen LogP contribution in [0.1, 0.15) is 82.1 Å². The topological polar surface area (TPSA) is 0 Å². The van der Waals surface area contributed by atoms with Gasteiger partial charge in [0, 0.05) is 0 Å². The summed E-state index contributed by atoms with van der Waals surface area (Å²) in [6, 6.07) is 11.5. The average molecular weight is 349 g/mol. The van der Waals surface area contributed by atoms with E-state index >= 15 is 0 Å². The summed E-state index contributed by atoms with van der Waals surface area (Å²) in [5, 5.41) is 0. The first kappa shape index (κ1) is 16.2. The van der Waals surface area contributed by atoms with E-state index in [1.807, 2.05) is 0 Å². The van der Waals surface area contributed by atoms with Crippen LogP contribution >= 0.6 is 0 Å². The molecule has 1 aromatic carbocycles. The molecule has 0 heterocycles. The fourth-order valence-corrected chi connectivity index (χ4v) is 9.15. The largest absolute Gasteiger partial charge is 0.0622 e. The van der Waals surface area contributed by atoms with Crippen LogP contribution in [0, 0.1) is 47.3 Å². The molecule has 1 aromatic rings. The van der Waals surface area contributed by atoms with Crippen LogP contribution in [-0.4, -0.2) is 0 Å². The van der Waals surface area contributed by atoms with Gasteiger partial charge in [0.05, 0.1) is 0 Å². The van der Waals surface area contributed by atoms with Crippen LogP contribution in [0.15, 0.2) is 30.3 Å². The zero-order chi connectivity index (χ0) is 17.1. The maximum absolute atomic E-state index is 2.39. The predicted molar refractivity (Wildman–Crippen MR) is 108 cm³/mol. The Kier molecular flexibility index (Phi) is 3.98. The standard InChI is InChI=1S/C26H36/c1-2-6-17(7-3-1)19-14-20-16-26-23-11-10-18-8-4-5-9-21(18)22(23)12-13-24(26)25(20)15-19/h1-3,6-7,18-26H,4-5,8-16H2. The molecule has 0 bridgehead atoms. The second-order valence-corrected chi connectivity index (χ2v) is 10.8. The molecule has 0 N–H and O–H groups in total. The molecule has 9 unspecified atom stereocenters. The fraction of sp³-hybridized carbons (Fsp3) is 0.769. The fourth-order valence-electron chi connectivity index (χ4n) is 9.15. The second-order valence-electron chi connectivity index (χ2n) is 10.8. The highest BCUT2D eigenvalue weighted by atomic mass is 14.6. The third-order valence-electron chi connectivity index (χ3n) is 10.0. The van der Waals surface area contributed by atoms with Gasteiger partial charge < -0.3 is 0 Å². The molecule has 0 spiro atoms. The van der Waals surface area contributed by atoms with E-state index in [0.29, 0.717) is 0 Å². The van der Waals surface area contributed by atoms with Gasteiger partial charge in [0.1, 0.15) is 0 Å². The molecule has 5 fully saturated rings. The van der Waals surface area contributed by atoms with E-state index in [4.69, 9.17) is 0 Å². The van der Waals surface area contributed by atoms with E-state index in [0.717, 1.165) is 53.3 Å². The molecule has 5 aliphatic carbocycles. The minimum Gasteiger partial charge on any atom is -0.0622 e. The minimum atomic E-state index is 0.874. The predicted octanol–water partition coefficient (Wildman–Crippen LogP) is 7.06. The Hall–Kier alpha value is -0.780. The number of rotatable bonds is 1. The van der Waals surface area contributed by atoms with E-state index in [-0.39, 0.29) is 0 Å². The normalized spacial score (nSPS) is 49.8. The van der Waals surface area contributed by atoms with Gasteiger partial charge in [0.15, 0.2) is 0 Å². The van der Waals surface area contributed by atoms with Gasteiger partial charge in [-0.25, -0.2) is 0 Å². The monoisotopic (exact) mass is 348 g/mol. The highest BCUT2D eigenvalue weighted by molar-refractivity contribution is 5.22. The summed E-state index contributed by atoms with van der Waals surface area (Å²) in [4.78, 5) is 0. The third-order valence-corrected chi connectivity index (χ3v) is 10.0. The lowest BCUT2D eigenvalue weighted by Crippen LogP contribution is -2.44. The van der Waals surface area contributed by atoms with Crippen LogP contribution in [-0.2, 0) is 0 Å². The highest BCUT2D eigenvalue weighted by Gasteiger charge is 2.55. The third kappa shape index (κ3) is 2.46. The van der Waals surface area contributed by atoms with E-state index in [1.54, 1.807) is 56.9 Å². The number of benzene rings is 1. The molecule has 0 radical (unpaired) electrons.